The molecule has 0 atom stereocenters. The third kappa shape index (κ3) is 3.42. The Morgan fingerprint density at radius 1 is 1.35 bits per heavy atom. The molecular formula is C12H12BrN3O. The van der Waals surface area contributed by atoms with E-state index in [0.29, 0.717) is 18.3 Å². The largest absolute Gasteiger partial charge is 0.472 e. The van der Waals surface area contributed by atoms with Crippen molar-refractivity contribution in [2.75, 3.05) is 12.4 Å². The van der Waals surface area contributed by atoms with Gasteiger partial charge in [0.1, 0.15) is 12.4 Å². The molecule has 0 spiro atoms. The molecule has 0 aliphatic rings. The molecule has 5 heteroatoms. The molecule has 0 aliphatic carbocycles. The standard InChI is InChI=1S/C12H12BrN3O/c1-14-11-6-15-7-12(16-11)17-8-9-3-2-4-10(13)5-9/h2-7H,8H2,1H3,(H,14,16). The predicted octanol–water partition coefficient (Wildman–Crippen LogP) is 2.86. The highest BCUT2D eigenvalue weighted by Gasteiger charge is 1.99. The first-order valence-electron chi connectivity index (χ1n) is 5.15. The van der Waals surface area contributed by atoms with Crippen LogP contribution in [-0.2, 0) is 6.61 Å². The summed E-state index contributed by atoms with van der Waals surface area (Å²) in [5.41, 5.74) is 1.08. The zero-order chi connectivity index (χ0) is 12.1. The van der Waals surface area contributed by atoms with Gasteiger partial charge in [-0.1, -0.05) is 28.1 Å². The zero-order valence-electron chi connectivity index (χ0n) is 9.35. The van der Waals surface area contributed by atoms with E-state index in [0.717, 1.165) is 10.0 Å². The molecule has 0 aliphatic heterocycles. The number of aromatic nitrogens is 2. The number of nitrogens with zero attached hydrogens (tertiary/aromatic N) is 2. The minimum atomic E-state index is 0.473. The molecule has 0 saturated heterocycles. The SMILES string of the molecule is CNc1cncc(OCc2cccc(Br)c2)n1. The second kappa shape index (κ2) is 5.63. The molecule has 0 amide bonds. The molecule has 0 unspecified atom stereocenters. The highest BCUT2D eigenvalue weighted by atomic mass is 79.9. The van der Waals surface area contributed by atoms with Crippen LogP contribution in [0.2, 0.25) is 0 Å². The second-order valence-corrected chi connectivity index (χ2v) is 4.33. The van der Waals surface area contributed by atoms with Crippen molar-refractivity contribution in [2.24, 2.45) is 0 Å². The molecule has 1 N–H and O–H groups in total. The third-order valence-electron chi connectivity index (χ3n) is 2.14. The molecule has 17 heavy (non-hydrogen) atoms. The summed E-state index contributed by atoms with van der Waals surface area (Å²) in [5, 5.41) is 2.91. The lowest BCUT2D eigenvalue weighted by Crippen LogP contribution is -2.00. The van der Waals surface area contributed by atoms with Gasteiger partial charge in [-0.05, 0) is 17.7 Å². The van der Waals surface area contributed by atoms with Crippen molar-refractivity contribution in [2.45, 2.75) is 6.61 Å². The number of benzene rings is 1. The average molecular weight is 294 g/mol. The lowest BCUT2D eigenvalue weighted by atomic mass is 10.2. The van der Waals surface area contributed by atoms with Gasteiger partial charge in [-0.15, -0.1) is 0 Å². The van der Waals surface area contributed by atoms with Crippen molar-refractivity contribution >= 4 is 21.7 Å². The van der Waals surface area contributed by atoms with Crippen LogP contribution in [0.3, 0.4) is 0 Å². The van der Waals surface area contributed by atoms with Crippen LogP contribution in [0.5, 0.6) is 5.88 Å². The number of anilines is 1. The van der Waals surface area contributed by atoms with Crippen LogP contribution in [-0.4, -0.2) is 17.0 Å². The van der Waals surface area contributed by atoms with Crippen LogP contribution >= 0.6 is 15.9 Å². The van der Waals surface area contributed by atoms with Crippen LogP contribution in [0.25, 0.3) is 0 Å². The van der Waals surface area contributed by atoms with Gasteiger partial charge < -0.3 is 10.1 Å². The molecule has 1 aromatic carbocycles. The predicted molar refractivity (Wildman–Crippen MR) is 70.1 cm³/mol. The van der Waals surface area contributed by atoms with E-state index in [-0.39, 0.29) is 0 Å². The summed E-state index contributed by atoms with van der Waals surface area (Å²) in [6, 6.07) is 7.96. The minimum absolute atomic E-state index is 0.473. The lowest BCUT2D eigenvalue weighted by Gasteiger charge is -2.06. The number of hydrogen-bond acceptors (Lipinski definition) is 4. The summed E-state index contributed by atoms with van der Waals surface area (Å²) in [4.78, 5) is 8.25. The van der Waals surface area contributed by atoms with E-state index < -0.39 is 0 Å². The maximum absolute atomic E-state index is 5.56. The first-order chi connectivity index (χ1) is 8.28. The zero-order valence-corrected chi connectivity index (χ0v) is 10.9. The Balaban J connectivity index is 2.02. The van der Waals surface area contributed by atoms with Crippen molar-refractivity contribution in [3.05, 3.63) is 46.7 Å². The van der Waals surface area contributed by atoms with E-state index >= 15 is 0 Å². The highest BCUT2D eigenvalue weighted by Crippen LogP contribution is 2.14. The Labute approximate surface area is 108 Å². The first-order valence-corrected chi connectivity index (χ1v) is 5.94. The molecule has 0 fully saturated rings. The van der Waals surface area contributed by atoms with Crippen molar-refractivity contribution < 1.29 is 4.74 Å². The lowest BCUT2D eigenvalue weighted by molar-refractivity contribution is 0.293. The van der Waals surface area contributed by atoms with Gasteiger partial charge >= 0.3 is 0 Å². The molecule has 1 aromatic heterocycles. The second-order valence-electron chi connectivity index (χ2n) is 3.41. The van der Waals surface area contributed by atoms with Gasteiger partial charge in [-0.25, -0.2) is 0 Å². The summed E-state index contributed by atoms with van der Waals surface area (Å²) < 4.78 is 6.59. The van der Waals surface area contributed by atoms with Crippen molar-refractivity contribution in [3.63, 3.8) is 0 Å². The fourth-order valence-electron chi connectivity index (χ4n) is 1.32. The number of hydrogen-bond donors (Lipinski definition) is 1. The Kier molecular flexibility index (Phi) is 3.93. The van der Waals surface area contributed by atoms with Gasteiger partial charge in [0, 0.05) is 11.5 Å². The summed E-state index contributed by atoms with van der Waals surface area (Å²) in [7, 11) is 1.79. The van der Waals surface area contributed by atoms with Crippen LogP contribution in [0.1, 0.15) is 5.56 Å². The van der Waals surface area contributed by atoms with E-state index in [2.05, 4.69) is 31.2 Å². The molecule has 4 nitrogen and oxygen atoms in total. The summed E-state index contributed by atoms with van der Waals surface area (Å²) in [5.74, 6) is 1.20. The Morgan fingerprint density at radius 2 is 2.24 bits per heavy atom. The topological polar surface area (TPSA) is 47.0 Å². The van der Waals surface area contributed by atoms with Crippen LogP contribution < -0.4 is 10.1 Å². The summed E-state index contributed by atoms with van der Waals surface area (Å²) >= 11 is 3.42. The molecule has 1 heterocycles. The van der Waals surface area contributed by atoms with E-state index in [1.807, 2.05) is 24.3 Å². The molecule has 88 valence electrons. The van der Waals surface area contributed by atoms with Gasteiger partial charge in [-0.3, -0.25) is 4.98 Å². The molecular weight excluding hydrogens is 282 g/mol. The fraction of sp³-hybridized carbons (Fsp3) is 0.167. The monoisotopic (exact) mass is 293 g/mol. The van der Waals surface area contributed by atoms with E-state index in [1.54, 1.807) is 19.4 Å². The van der Waals surface area contributed by atoms with Crippen molar-refractivity contribution in [3.8, 4) is 5.88 Å². The number of nitrogens with one attached hydrogen (secondary N) is 1. The first kappa shape index (κ1) is 11.9. The van der Waals surface area contributed by atoms with Crippen LogP contribution in [0, 0.1) is 0 Å². The van der Waals surface area contributed by atoms with Crippen LogP contribution in [0.15, 0.2) is 41.1 Å². The normalized spacial score (nSPS) is 10.0. The summed E-state index contributed by atoms with van der Waals surface area (Å²) in [6.45, 7) is 0.473. The number of halogens is 1. The Bertz CT molecular complexity index is 505. The quantitative estimate of drug-likeness (QED) is 0.942. The van der Waals surface area contributed by atoms with E-state index in [4.69, 9.17) is 4.74 Å². The van der Waals surface area contributed by atoms with E-state index in [9.17, 15) is 0 Å². The van der Waals surface area contributed by atoms with Crippen molar-refractivity contribution in [1.29, 1.82) is 0 Å². The van der Waals surface area contributed by atoms with Crippen molar-refractivity contribution in [1.82, 2.24) is 9.97 Å². The minimum Gasteiger partial charge on any atom is -0.472 e. The third-order valence-corrected chi connectivity index (χ3v) is 2.64. The van der Waals surface area contributed by atoms with Gasteiger partial charge in [0.25, 0.3) is 0 Å². The molecule has 2 aromatic rings. The molecule has 0 radical (unpaired) electrons. The maximum Gasteiger partial charge on any atom is 0.234 e. The fourth-order valence-corrected chi connectivity index (χ4v) is 1.77. The van der Waals surface area contributed by atoms with E-state index in [1.165, 1.54) is 0 Å². The smallest absolute Gasteiger partial charge is 0.234 e. The van der Waals surface area contributed by atoms with Gasteiger partial charge in [0.05, 0.1) is 12.4 Å². The number of rotatable bonds is 4. The number of ether oxygens (including phenoxy) is 1. The average Bonchev–Trinajstić information content (AvgIpc) is 2.37. The highest BCUT2D eigenvalue weighted by molar-refractivity contribution is 9.10. The van der Waals surface area contributed by atoms with Gasteiger partial charge in [0.2, 0.25) is 5.88 Å². The van der Waals surface area contributed by atoms with Gasteiger partial charge in [0.15, 0.2) is 0 Å². The summed E-state index contributed by atoms with van der Waals surface area (Å²) in [6.07, 6.45) is 3.24. The molecule has 2 rings (SSSR count). The Morgan fingerprint density at radius 3 is 3.00 bits per heavy atom. The van der Waals surface area contributed by atoms with Crippen LogP contribution in [0.4, 0.5) is 5.82 Å². The Hall–Kier alpha value is -1.62. The van der Waals surface area contributed by atoms with Gasteiger partial charge in [-0.2, -0.15) is 4.98 Å². The molecule has 0 saturated carbocycles. The molecule has 0 bridgehead atoms. The maximum atomic E-state index is 5.56.